The van der Waals surface area contributed by atoms with E-state index in [4.69, 9.17) is 5.73 Å². The van der Waals surface area contributed by atoms with E-state index in [0.29, 0.717) is 0 Å². The minimum Gasteiger partial charge on any atom is -0.466 e. The van der Waals surface area contributed by atoms with Crippen molar-refractivity contribution < 1.29 is 27.4 Å². The first-order valence-corrected chi connectivity index (χ1v) is 6.01. The Morgan fingerprint density at radius 2 is 2.05 bits per heavy atom. The number of nitrogen functional groups attached to an aromatic ring is 1. The molecule has 0 heterocycles. The van der Waals surface area contributed by atoms with Gasteiger partial charge >= 0.3 is 12.3 Å². The Morgan fingerprint density at radius 1 is 1.42 bits per heavy atom. The lowest BCUT2D eigenvalue weighted by Gasteiger charge is -2.15. The van der Waals surface area contributed by atoms with Crippen molar-refractivity contribution >= 4 is 27.6 Å². The Balaban J connectivity index is 3.09. The number of carbonyl (C=O) groups excluding carboxylic acids is 1. The van der Waals surface area contributed by atoms with Gasteiger partial charge < -0.3 is 15.2 Å². The summed E-state index contributed by atoms with van der Waals surface area (Å²) in [4.78, 5) is 11.3. The molecule has 1 rings (SSSR count). The maximum absolute atomic E-state index is 12.3. The van der Waals surface area contributed by atoms with E-state index in [0.717, 1.165) is 0 Å². The highest BCUT2D eigenvalue weighted by Gasteiger charge is 2.33. The van der Waals surface area contributed by atoms with Gasteiger partial charge in [-0.05, 0) is 35.0 Å². The van der Waals surface area contributed by atoms with E-state index in [1.165, 1.54) is 12.1 Å². The summed E-state index contributed by atoms with van der Waals surface area (Å²) < 4.78 is 45.5. The van der Waals surface area contributed by atoms with Crippen molar-refractivity contribution in [2.75, 3.05) is 12.3 Å². The molecule has 0 fully saturated rings. The van der Waals surface area contributed by atoms with Crippen molar-refractivity contribution in [3.05, 3.63) is 22.2 Å². The molecular weight excluding hydrogens is 331 g/mol. The molecule has 0 spiro atoms. The van der Waals surface area contributed by atoms with Gasteiger partial charge in [-0.25, -0.2) is 0 Å². The van der Waals surface area contributed by atoms with Crippen LogP contribution in [0.5, 0.6) is 5.75 Å². The summed E-state index contributed by atoms with van der Waals surface area (Å²) in [6.07, 6.45) is -5.22. The second-order valence-electron chi connectivity index (χ2n) is 3.52. The Hall–Kier alpha value is -1.44. The number of alkyl halides is 3. The van der Waals surface area contributed by atoms with Crippen LogP contribution in [0.4, 0.5) is 18.9 Å². The predicted molar refractivity (Wildman–Crippen MR) is 65.6 cm³/mol. The molecule has 0 bridgehead atoms. The van der Waals surface area contributed by atoms with Crippen LogP contribution < -0.4 is 10.5 Å². The quantitative estimate of drug-likeness (QED) is 0.675. The summed E-state index contributed by atoms with van der Waals surface area (Å²) in [5.41, 5.74) is 5.73. The number of benzene rings is 1. The van der Waals surface area contributed by atoms with Gasteiger partial charge in [-0.1, -0.05) is 0 Å². The van der Waals surface area contributed by atoms with Crippen LogP contribution in [-0.2, 0) is 16.0 Å². The van der Waals surface area contributed by atoms with Crippen LogP contribution in [-0.4, -0.2) is 18.9 Å². The molecule has 106 valence electrons. The normalized spacial score (nSPS) is 11.2. The van der Waals surface area contributed by atoms with Gasteiger partial charge in [-0.3, -0.25) is 4.79 Å². The Labute approximate surface area is 115 Å². The minimum absolute atomic E-state index is 0.00245. The average Bonchev–Trinajstić information content (AvgIpc) is 2.22. The molecule has 0 aliphatic carbocycles. The van der Waals surface area contributed by atoms with Crippen molar-refractivity contribution in [3.8, 4) is 5.75 Å². The van der Waals surface area contributed by atoms with E-state index in [9.17, 15) is 18.0 Å². The largest absolute Gasteiger partial charge is 0.573 e. The molecule has 0 aromatic heterocycles. The van der Waals surface area contributed by atoms with Gasteiger partial charge in [0.2, 0.25) is 0 Å². The van der Waals surface area contributed by atoms with E-state index in [-0.39, 0.29) is 28.8 Å². The van der Waals surface area contributed by atoms with Crippen LogP contribution in [0.25, 0.3) is 0 Å². The zero-order chi connectivity index (χ0) is 14.6. The lowest BCUT2D eigenvalue weighted by atomic mass is 10.1. The van der Waals surface area contributed by atoms with E-state index < -0.39 is 18.1 Å². The fourth-order valence-electron chi connectivity index (χ4n) is 1.40. The number of hydrogen-bond acceptors (Lipinski definition) is 4. The van der Waals surface area contributed by atoms with Gasteiger partial charge in [0, 0.05) is 11.3 Å². The average molecular weight is 342 g/mol. The second-order valence-corrected chi connectivity index (χ2v) is 4.37. The molecular formula is C11H11BrF3NO3. The van der Waals surface area contributed by atoms with Gasteiger partial charge in [-0.15, -0.1) is 13.2 Å². The van der Waals surface area contributed by atoms with Crippen molar-refractivity contribution in [1.82, 2.24) is 0 Å². The highest BCUT2D eigenvalue weighted by atomic mass is 79.9. The number of hydrogen-bond donors (Lipinski definition) is 1. The third-order valence-electron chi connectivity index (χ3n) is 2.00. The standard InChI is InChI=1S/C11H11BrF3NO3/c1-2-18-9(17)4-6-3-7(16)5-8(12)10(6)19-11(13,14)15/h3,5H,2,4,16H2,1H3. The molecule has 0 aliphatic rings. The van der Waals surface area contributed by atoms with E-state index in [1.807, 2.05) is 0 Å². The smallest absolute Gasteiger partial charge is 0.466 e. The van der Waals surface area contributed by atoms with Crippen LogP contribution in [0.2, 0.25) is 0 Å². The SMILES string of the molecule is CCOC(=O)Cc1cc(N)cc(Br)c1OC(F)(F)F. The monoisotopic (exact) mass is 341 g/mol. The van der Waals surface area contributed by atoms with E-state index >= 15 is 0 Å². The Morgan fingerprint density at radius 3 is 2.58 bits per heavy atom. The number of nitrogens with two attached hydrogens (primary N) is 1. The first-order valence-electron chi connectivity index (χ1n) is 5.22. The van der Waals surface area contributed by atoms with Crippen molar-refractivity contribution in [1.29, 1.82) is 0 Å². The topological polar surface area (TPSA) is 61.5 Å². The maximum atomic E-state index is 12.3. The van der Waals surface area contributed by atoms with Crippen molar-refractivity contribution in [2.24, 2.45) is 0 Å². The van der Waals surface area contributed by atoms with Crippen LogP contribution in [0, 0.1) is 0 Å². The first kappa shape index (κ1) is 15.6. The Kier molecular flexibility index (Phi) is 5.04. The van der Waals surface area contributed by atoms with Crippen molar-refractivity contribution in [3.63, 3.8) is 0 Å². The fourth-order valence-corrected chi connectivity index (χ4v) is 2.00. The van der Waals surface area contributed by atoms with Crippen LogP contribution in [0.3, 0.4) is 0 Å². The van der Waals surface area contributed by atoms with Gasteiger partial charge in [0.05, 0.1) is 17.5 Å². The zero-order valence-corrected chi connectivity index (χ0v) is 11.5. The lowest BCUT2D eigenvalue weighted by molar-refractivity contribution is -0.275. The molecule has 8 heteroatoms. The van der Waals surface area contributed by atoms with E-state index in [2.05, 4.69) is 25.4 Å². The highest BCUT2D eigenvalue weighted by Crippen LogP contribution is 2.36. The molecule has 2 N–H and O–H groups in total. The minimum atomic E-state index is -4.86. The molecule has 4 nitrogen and oxygen atoms in total. The van der Waals surface area contributed by atoms with Crippen molar-refractivity contribution in [2.45, 2.75) is 19.7 Å². The summed E-state index contributed by atoms with van der Waals surface area (Å²) in [5.74, 6) is -1.15. The third-order valence-corrected chi connectivity index (χ3v) is 2.59. The van der Waals surface area contributed by atoms with Gasteiger partial charge in [0.1, 0.15) is 5.75 Å². The molecule has 0 radical (unpaired) electrons. The van der Waals surface area contributed by atoms with Crippen LogP contribution in [0.15, 0.2) is 16.6 Å². The number of rotatable bonds is 4. The van der Waals surface area contributed by atoms with Gasteiger partial charge in [-0.2, -0.15) is 0 Å². The zero-order valence-electron chi connectivity index (χ0n) is 9.88. The number of carbonyl (C=O) groups is 1. The molecule has 1 aromatic carbocycles. The summed E-state index contributed by atoms with van der Waals surface area (Å²) in [6.45, 7) is 1.73. The molecule has 0 unspecified atom stereocenters. The second kappa shape index (κ2) is 6.14. The summed E-state index contributed by atoms with van der Waals surface area (Å²) in [7, 11) is 0. The summed E-state index contributed by atoms with van der Waals surface area (Å²) in [6, 6.07) is 2.50. The maximum Gasteiger partial charge on any atom is 0.573 e. The number of esters is 1. The summed E-state index contributed by atoms with van der Waals surface area (Å²) >= 11 is 2.92. The van der Waals surface area contributed by atoms with Crippen LogP contribution >= 0.6 is 15.9 Å². The predicted octanol–water partition coefficient (Wildman–Crippen LogP) is 3.04. The highest BCUT2D eigenvalue weighted by molar-refractivity contribution is 9.10. The first-order chi connectivity index (χ1) is 8.73. The third kappa shape index (κ3) is 4.98. The fraction of sp³-hybridized carbons (Fsp3) is 0.364. The molecule has 0 amide bonds. The van der Waals surface area contributed by atoms with Crippen LogP contribution in [0.1, 0.15) is 12.5 Å². The number of halogens is 4. The molecule has 0 atom stereocenters. The molecule has 0 saturated heterocycles. The van der Waals surface area contributed by atoms with E-state index in [1.54, 1.807) is 6.92 Å². The van der Waals surface area contributed by atoms with Gasteiger partial charge in [0.25, 0.3) is 0 Å². The molecule has 1 aromatic rings. The lowest BCUT2D eigenvalue weighted by Crippen LogP contribution is -2.19. The number of ether oxygens (including phenoxy) is 2. The Bertz CT molecular complexity index is 477. The molecule has 0 aliphatic heterocycles. The summed E-state index contributed by atoms with van der Waals surface area (Å²) in [5, 5.41) is 0. The number of anilines is 1. The molecule has 19 heavy (non-hydrogen) atoms. The van der Waals surface area contributed by atoms with Gasteiger partial charge in [0.15, 0.2) is 0 Å². The molecule has 0 saturated carbocycles.